The molecule has 1 N–H and O–H groups in total. The minimum absolute atomic E-state index is 0.0544. The van der Waals surface area contributed by atoms with E-state index in [1.807, 2.05) is 24.3 Å². The first kappa shape index (κ1) is 10.7. The molecule has 0 aliphatic rings. The van der Waals surface area contributed by atoms with Crippen molar-refractivity contribution < 1.29 is 0 Å². The van der Waals surface area contributed by atoms with Gasteiger partial charge in [0.25, 0.3) is 5.56 Å². The molecule has 17 heavy (non-hydrogen) atoms. The Kier molecular flexibility index (Phi) is 2.72. The molecule has 0 atom stereocenters. The van der Waals surface area contributed by atoms with Crippen LogP contribution in [0.3, 0.4) is 0 Å². The molecule has 0 radical (unpaired) electrons. The third-order valence-electron chi connectivity index (χ3n) is 2.34. The highest BCUT2D eigenvalue weighted by molar-refractivity contribution is 5.67. The zero-order valence-corrected chi connectivity index (χ0v) is 8.77. The van der Waals surface area contributed by atoms with Gasteiger partial charge in [-0.3, -0.25) is 4.79 Å². The Balaban J connectivity index is 2.73. The normalized spacial score (nSPS) is 9.29. The van der Waals surface area contributed by atoms with Crippen LogP contribution in [0.5, 0.6) is 0 Å². The van der Waals surface area contributed by atoms with Gasteiger partial charge in [-0.2, -0.15) is 10.5 Å². The molecule has 0 saturated heterocycles. The quantitative estimate of drug-likeness (QED) is 0.797. The number of nitrogens with one attached hydrogen (secondary N) is 1. The first-order valence-corrected chi connectivity index (χ1v) is 4.89. The van der Waals surface area contributed by atoms with Gasteiger partial charge in [0, 0.05) is 0 Å². The second kappa shape index (κ2) is 4.34. The van der Waals surface area contributed by atoms with Crippen LogP contribution in [0.1, 0.15) is 11.1 Å². The van der Waals surface area contributed by atoms with Gasteiger partial charge in [0.15, 0.2) is 0 Å². The lowest BCUT2D eigenvalue weighted by Gasteiger charge is -2.03. The lowest BCUT2D eigenvalue weighted by atomic mass is 10.1. The van der Waals surface area contributed by atoms with Crippen molar-refractivity contribution in [2.75, 3.05) is 0 Å². The standard InChI is InChI=1S/C13H7N3O/c14-7-10-6-11(8-15)13(17)16-12(10)9-4-2-1-3-5-9/h1-6H,(H,16,17). The highest BCUT2D eigenvalue weighted by atomic mass is 16.1. The molecule has 0 aliphatic heterocycles. The number of benzene rings is 1. The summed E-state index contributed by atoms with van der Waals surface area (Å²) in [6, 6.07) is 14.1. The average Bonchev–Trinajstić information content (AvgIpc) is 2.39. The molecule has 4 heteroatoms. The van der Waals surface area contributed by atoms with Crippen molar-refractivity contribution in [1.29, 1.82) is 10.5 Å². The predicted molar refractivity (Wildman–Crippen MR) is 61.9 cm³/mol. The molecule has 80 valence electrons. The van der Waals surface area contributed by atoms with Gasteiger partial charge in [0.05, 0.1) is 11.3 Å². The minimum atomic E-state index is -0.481. The molecule has 1 aromatic carbocycles. The second-order valence-electron chi connectivity index (χ2n) is 3.39. The number of nitriles is 2. The predicted octanol–water partition coefficient (Wildman–Crippen LogP) is 1.79. The fourth-order valence-electron chi connectivity index (χ4n) is 1.53. The molecule has 0 amide bonds. The van der Waals surface area contributed by atoms with Crippen molar-refractivity contribution in [2.24, 2.45) is 0 Å². The summed E-state index contributed by atoms with van der Waals surface area (Å²) < 4.78 is 0. The number of hydrogen-bond donors (Lipinski definition) is 1. The number of H-pyrrole nitrogens is 1. The van der Waals surface area contributed by atoms with Crippen LogP contribution >= 0.6 is 0 Å². The first-order valence-electron chi connectivity index (χ1n) is 4.89. The maximum atomic E-state index is 11.5. The van der Waals surface area contributed by atoms with E-state index < -0.39 is 5.56 Å². The molecule has 2 rings (SSSR count). The third-order valence-corrected chi connectivity index (χ3v) is 2.34. The van der Waals surface area contributed by atoms with E-state index in [1.165, 1.54) is 6.07 Å². The molecule has 4 nitrogen and oxygen atoms in total. The summed E-state index contributed by atoms with van der Waals surface area (Å²) >= 11 is 0. The van der Waals surface area contributed by atoms with E-state index in [1.54, 1.807) is 18.2 Å². The molecule has 0 fully saturated rings. The molecule has 2 aromatic rings. The summed E-state index contributed by atoms with van der Waals surface area (Å²) in [6.45, 7) is 0. The summed E-state index contributed by atoms with van der Waals surface area (Å²) in [5.74, 6) is 0. The van der Waals surface area contributed by atoms with Gasteiger partial charge in [-0.15, -0.1) is 0 Å². The Morgan fingerprint density at radius 3 is 2.24 bits per heavy atom. The van der Waals surface area contributed by atoms with Crippen molar-refractivity contribution in [3.05, 3.63) is 57.9 Å². The Hall–Kier alpha value is -2.85. The Morgan fingerprint density at radius 1 is 1.00 bits per heavy atom. The molecule has 0 saturated carbocycles. The number of aromatic amines is 1. The monoisotopic (exact) mass is 221 g/mol. The van der Waals surface area contributed by atoms with Crippen LogP contribution in [-0.4, -0.2) is 4.98 Å². The van der Waals surface area contributed by atoms with Gasteiger partial charge in [0.1, 0.15) is 17.7 Å². The zero-order chi connectivity index (χ0) is 12.3. The molecule has 0 aliphatic carbocycles. The van der Waals surface area contributed by atoms with E-state index in [4.69, 9.17) is 10.5 Å². The lowest BCUT2D eigenvalue weighted by Crippen LogP contribution is -2.12. The Labute approximate surface area is 97.4 Å². The summed E-state index contributed by atoms with van der Waals surface area (Å²) in [7, 11) is 0. The Morgan fingerprint density at radius 2 is 1.65 bits per heavy atom. The van der Waals surface area contributed by atoms with E-state index in [2.05, 4.69) is 4.98 Å². The van der Waals surface area contributed by atoms with Crippen LogP contribution in [0.25, 0.3) is 11.3 Å². The molecular weight excluding hydrogens is 214 g/mol. The second-order valence-corrected chi connectivity index (χ2v) is 3.39. The SMILES string of the molecule is N#Cc1cc(C#N)c(=O)[nH]c1-c1ccccc1. The van der Waals surface area contributed by atoms with Crippen LogP contribution < -0.4 is 5.56 Å². The van der Waals surface area contributed by atoms with E-state index in [0.717, 1.165) is 5.56 Å². The molecule has 0 bridgehead atoms. The largest absolute Gasteiger partial charge is 0.320 e. The average molecular weight is 221 g/mol. The van der Waals surface area contributed by atoms with Gasteiger partial charge in [-0.25, -0.2) is 0 Å². The van der Waals surface area contributed by atoms with Gasteiger partial charge in [0.2, 0.25) is 0 Å². The van der Waals surface area contributed by atoms with Gasteiger partial charge in [-0.05, 0) is 11.6 Å². The van der Waals surface area contributed by atoms with Gasteiger partial charge < -0.3 is 4.98 Å². The summed E-state index contributed by atoms with van der Waals surface area (Å²) in [5.41, 5.74) is 0.932. The smallest absolute Gasteiger partial charge is 0.266 e. The van der Waals surface area contributed by atoms with Crippen LogP contribution in [0, 0.1) is 22.7 Å². The van der Waals surface area contributed by atoms with Crippen molar-refractivity contribution >= 4 is 0 Å². The van der Waals surface area contributed by atoms with E-state index in [0.29, 0.717) is 5.69 Å². The summed E-state index contributed by atoms with van der Waals surface area (Å²) in [6.07, 6.45) is 0. The lowest BCUT2D eigenvalue weighted by molar-refractivity contribution is 1.20. The van der Waals surface area contributed by atoms with E-state index in [9.17, 15) is 4.79 Å². The third kappa shape index (κ3) is 1.92. The van der Waals surface area contributed by atoms with E-state index >= 15 is 0 Å². The molecular formula is C13H7N3O. The van der Waals surface area contributed by atoms with Gasteiger partial charge in [-0.1, -0.05) is 30.3 Å². The molecule has 1 aromatic heterocycles. The number of rotatable bonds is 1. The fourth-order valence-corrected chi connectivity index (χ4v) is 1.53. The fraction of sp³-hybridized carbons (Fsp3) is 0. The van der Waals surface area contributed by atoms with Crippen LogP contribution in [0.4, 0.5) is 0 Å². The van der Waals surface area contributed by atoms with Crippen molar-refractivity contribution in [1.82, 2.24) is 4.98 Å². The number of aromatic nitrogens is 1. The van der Waals surface area contributed by atoms with Crippen molar-refractivity contribution in [3.63, 3.8) is 0 Å². The van der Waals surface area contributed by atoms with E-state index in [-0.39, 0.29) is 11.1 Å². The minimum Gasteiger partial charge on any atom is -0.320 e. The Bertz CT molecular complexity index is 687. The van der Waals surface area contributed by atoms with Crippen LogP contribution in [0.2, 0.25) is 0 Å². The highest BCUT2D eigenvalue weighted by Crippen LogP contribution is 2.19. The first-order chi connectivity index (χ1) is 8.26. The molecule has 1 heterocycles. The number of pyridine rings is 1. The number of nitrogens with zero attached hydrogens (tertiary/aromatic N) is 2. The molecule has 0 unspecified atom stereocenters. The van der Waals surface area contributed by atoms with Crippen LogP contribution in [0.15, 0.2) is 41.2 Å². The van der Waals surface area contributed by atoms with Crippen molar-refractivity contribution in [3.8, 4) is 23.4 Å². The summed E-state index contributed by atoms with van der Waals surface area (Å²) in [5, 5.41) is 17.7. The topological polar surface area (TPSA) is 80.4 Å². The highest BCUT2D eigenvalue weighted by Gasteiger charge is 2.09. The van der Waals surface area contributed by atoms with Crippen LogP contribution in [-0.2, 0) is 0 Å². The zero-order valence-electron chi connectivity index (χ0n) is 8.77. The molecule has 0 spiro atoms. The van der Waals surface area contributed by atoms with Gasteiger partial charge >= 0.3 is 0 Å². The maximum absolute atomic E-state index is 11.5. The maximum Gasteiger partial charge on any atom is 0.266 e. The van der Waals surface area contributed by atoms with Crippen molar-refractivity contribution in [2.45, 2.75) is 0 Å². The summed E-state index contributed by atoms with van der Waals surface area (Å²) in [4.78, 5) is 14.1. The number of hydrogen-bond acceptors (Lipinski definition) is 3.